The first kappa shape index (κ1) is 17.9. The zero-order valence-corrected chi connectivity index (χ0v) is 16.0. The molecule has 4 nitrogen and oxygen atoms in total. The van der Waals surface area contributed by atoms with Crippen LogP contribution in [0.5, 0.6) is 0 Å². The summed E-state index contributed by atoms with van der Waals surface area (Å²) in [6, 6.07) is 17.8. The van der Waals surface area contributed by atoms with Gasteiger partial charge in [0, 0.05) is 18.7 Å². The number of amides is 1. The standard InChI is InChI=1S/C23H20FN3O/c1-15-7-6-8-16(2)22(15)27(17(3)28)23-21(18-10-12-19(24)13-11-18)25-20-9-4-5-14-26(20)23/h4-14H,1-3H3. The maximum Gasteiger partial charge on any atom is 0.229 e. The van der Waals surface area contributed by atoms with Gasteiger partial charge in [-0.25, -0.2) is 9.37 Å². The summed E-state index contributed by atoms with van der Waals surface area (Å²) >= 11 is 0. The molecule has 0 bridgehead atoms. The summed E-state index contributed by atoms with van der Waals surface area (Å²) < 4.78 is 15.4. The molecule has 0 spiro atoms. The summed E-state index contributed by atoms with van der Waals surface area (Å²) in [4.78, 5) is 19.3. The highest BCUT2D eigenvalue weighted by Crippen LogP contribution is 2.38. The van der Waals surface area contributed by atoms with Gasteiger partial charge in [-0.2, -0.15) is 0 Å². The van der Waals surface area contributed by atoms with E-state index in [-0.39, 0.29) is 11.7 Å². The molecule has 1 amide bonds. The van der Waals surface area contributed by atoms with Crippen LogP contribution in [0.15, 0.2) is 66.9 Å². The minimum absolute atomic E-state index is 0.119. The van der Waals surface area contributed by atoms with Crippen molar-refractivity contribution in [3.8, 4) is 11.3 Å². The second-order valence-electron chi connectivity index (χ2n) is 6.81. The number of carbonyl (C=O) groups is 1. The molecule has 28 heavy (non-hydrogen) atoms. The molecule has 0 unspecified atom stereocenters. The first-order chi connectivity index (χ1) is 13.5. The molecule has 2 aromatic heterocycles. The van der Waals surface area contributed by atoms with Gasteiger partial charge in [0.2, 0.25) is 5.91 Å². The van der Waals surface area contributed by atoms with E-state index in [0.717, 1.165) is 22.4 Å². The van der Waals surface area contributed by atoms with Crippen LogP contribution in [-0.4, -0.2) is 15.3 Å². The van der Waals surface area contributed by atoms with E-state index in [1.807, 2.05) is 60.8 Å². The number of carbonyl (C=O) groups excluding carboxylic acids is 1. The monoisotopic (exact) mass is 373 g/mol. The van der Waals surface area contributed by atoms with Gasteiger partial charge in [-0.15, -0.1) is 0 Å². The molecule has 140 valence electrons. The molecule has 2 aromatic carbocycles. The van der Waals surface area contributed by atoms with Gasteiger partial charge in [-0.1, -0.05) is 24.3 Å². The van der Waals surface area contributed by atoms with E-state index in [0.29, 0.717) is 17.2 Å². The summed E-state index contributed by atoms with van der Waals surface area (Å²) in [5, 5.41) is 0. The van der Waals surface area contributed by atoms with Gasteiger partial charge < -0.3 is 0 Å². The Kier molecular flexibility index (Phi) is 4.43. The van der Waals surface area contributed by atoms with Gasteiger partial charge in [0.25, 0.3) is 0 Å². The lowest BCUT2D eigenvalue weighted by Gasteiger charge is -2.25. The van der Waals surface area contributed by atoms with Gasteiger partial charge in [0.15, 0.2) is 5.82 Å². The van der Waals surface area contributed by atoms with E-state index >= 15 is 0 Å². The summed E-state index contributed by atoms with van der Waals surface area (Å²) in [7, 11) is 0. The van der Waals surface area contributed by atoms with Crippen LogP contribution in [0, 0.1) is 19.7 Å². The Morgan fingerprint density at radius 1 is 0.964 bits per heavy atom. The number of aromatic nitrogens is 2. The van der Waals surface area contributed by atoms with Crippen LogP contribution in [-0.2, 0) is 4.79 Å². The predicted octanol–water partition coefficient (Wildman–Crippen LogP) is 5.44. The van der Waals surface area contributed by atoms with Crippen LogP contribution in [0.1, 0.15) is 18.1 Å². The van der Waals surface area contributed by atoms with Crippen molar-refractivity contribution in [3.05, 3.63) is 83.8 Å². The topological polar surface area (TPSA) is 37.6 Å². The van der Waals surface area contributed by atoms with Gasteiger partial charge >= 0.3 is 0 Å². The molecule has 0 saturated heterocycles. The van der Waals surface area contributed by atoms with Gasteiger partial charge in [0.05, 0.1) is 5.69 Å². The molecule has 0 aliphatic heterocycles. The van der Waals surface area contributed by atoms with Crippen molar-refractivity contribution in [1.29, 1.82) is 0 Å². The van der Waals surface area contributed by atoms with E-state index in [9.17, 15) is 9.18 Å². The highest BCUT2D eigenvalue weighted by molar-refractivity contribution is 6.03. The average Bonchev–Trinajstić information content (AvgIpc) is 3.04. The van der Waals surface area contributed by atoms with Crippen molar-refractivity contribution in [2.24, 2.45) is 0 Å². The maximum atomic E-state index is 13.5. The fraction of sp³-hybridized carbons (Fsp3) is 0.130. The van der Waals surface area contributed by atoms with Crippen LogP contribution in [0.2, 0.25) is 0 Å². The normalized spacial score (nSPS) is 11.0. The van der Waals surface area contributed by atoms with Crippen molar-refractivity contribution in [3.63, 3.8) is 0 Å². The molecular formula is C23H20FN3O. The minimum atomic E-state index is -0.313. The van der Waals surface area contributed by atoms with Crippen molar-refractivity contribution in [2.45, 2.75) is 20.8 Å². The Bertz CT molecular complexity index is 1160. The second-order valence-corrected chi connectivity index (χ2v) is 6.81. The molecule has 0 fully saturated rings. The molecule has 2 heterocycles. The Morgan fingerprint density at radius 3 is 2.29 bits per heavy atom. The lowest BCUT2D eigenvalue weighted by Crippen LogP contribution is -2.26. The van der Waals surface area contributed by atoms with Crippen molar-refractivity contribution < 1.29 is 9.18 Å². The highest BCUT2D eigenvalue weighted by atomic mass is 19.1. The molecule has 5 heteroatoms. The molecule has 0 radical (unpaired) electrons. The number of nitrogens with zero attached hydrogens (tertiary/aromatic N) is 3. The van der Waals surface area contributed by atoms with Crippen LogP contribution in [0.3, 0.4) is 0 Å². The van der Waals surface area contributed by atoms with Gasteiger partial charge in [0.1, 0.15) is 17.2 Å². The van der Waals surface area contributed by atoms with E-state index in [2.05, 4.69) is 0 Å². The number of hydrogen-bond acceptors (Lipinski definition) is 2. The van der Waals surface area contributed by atoms with Crippen molar-refractivity contribution in [1.82, 2.24) is 9.38 Å². The Balaban J connectivity index is 2.06. The number of fused-ring (bicyclic) bond motifs is 1. The van der Waals surface area contributed by atoms with E-state index in [4.69, 9.17) is 4.98 Å². The molecule has 4 rings (SSSR count). The van der Waals surface area contributed by atoms with Gasteiger partial charge in [-0.05, 0) is 61.4 Å². The molecule has 0 N–H and O–H groups in total. The summed E-state index contributed by atoms with van der Waals surface area (Å²) in [5.41, 5.74) is 4.91. The van der Waals surface area contributed by atoms with Crippen LogP contribution < -0.4 is 4.90 Å². The number of para-hydroxylation sites is 1. The number of aryl methyl sites for hydroxylation is 2. The largest absolute Gasteiger partial charge is 0.285 e. The number of benzene rings is 2. The third-order valence-electron chi connectivity index (χ3n) is 4.81. The Morgan fingerprint density at radius 2 is 1.64 bits per heavy atom. The fourth-order valence-electron chi connectivity index (χ4n) is 3.57. The quantitative estimate of drug-likeness (QED) is 0.479. The highest BCUT2D eigenvalue weighted by Gasteiger charge is 2.26. The zero-order valence-electron chi connectivity index (χ0n) is 16.0. The van der Waals surface area contributed by atoms with E-state index < -0.39 is 0 Å². The second kappa shape index (κ2) is 6.93. The lowest BCUT2D eigenvalue weighted by atomic mass is 10.1. The van der Waals surface area contributed by atoms with Crippen LogP contribution >= 0.6 is 0 Å². The molecule has 0 aliphatic rings. The number of halogens is 1. The average molecular weight is 373 g/mol. The minimum Gasteiger partial charge on any atom is -0.285 e. The van der Waals surface area contributed by atoms with E-state index in [1.54, 1.807) is 24.0 Å². The first-order valence-electron chi connectivity index (χ1n) is 9.07. The Hall–Kier alpha value is -3.47. The lowest BCUT2D eigenvalue weighted by molar-refractivity contribution is -0.115. The number of hydrogen-bond donors (Lipinski definition) is 0. The SMILES string of the molecule is CC(=O)N(c1c(C)cccc1C)c1c(-c2ccc(F)cc2)nc2ccccn12. The molecule has 0 aliphatic carbocycles. The summed E-state index contributed by atoms with van der Waals surface area (Å²) in [5.74, 6) is 0.214. The third-order valence-corrected chi connectivity index (χ3v) is 4.81. The van der Waals surface area contributed by atoms with E-state index in [1.165, 1.54) is 12.1 Å². The van der Waals surface area contributed by atoms with Crippen LogP contribution in [0.4, 0.5) is 15.9 Å². The van der Waals surface area contributed by atoms with Crippen molar-refractivity contribution in [2.75, 3.05) is 4.90 Å². The molecule has 0 saturated carbocycles. The number of rotatable bonds is 3. The van der Waals surface area contributed by atoms with Gasteiger partial charge in [-0.3, -0.25) is 14.1 Å². The first-order valence-corrected chi connectivity index (χ1v) is 9.07. The van der Waals surface area contributed by atoms with Crippen LogP contribution in [0.25, 0.3) is 16.9 Å². The summed E-state index contributed by atoms with van der Waals surface area (Å²) in [6.07, 6.45) is 1.88. The number of pyridine rings is 1. The van der Waals surface area contributed by atoms with Crippen molar-refractivity contribution >= 4 is 23.1 Å². The smallest absolute Gasteiger partial charge is 0.229 e. The maximum absolute atomic E-state index is 13.5. The molecule has 0 atom stereocenters. The molecule has 4 aromatic rings. The predicted molar refractivity (Wildman–Crippen MR) is 109 cm³/mol. The molecular weight excluding hydrogens is 353 g/mol. The third kappa shape index (κ3) is 2.95. The number of anilines is 2. The summed E-state index contributed by atoms with van der Waals surface area (Å²) in [6.45, 7) is 5.51. The number of imidazole rings is 1. The zero-order chi connectivity index (χ0) is 19.8. The fourth-order valence-corrected chi connectivity index (χ4v) is 3.57. The Labute approximate surface area is 162 Å².